The second-order valence-electron chi connectivity index (χ2n) is 4.70. The standard InChI is InChI=1S/C15H21NO/c1-12(5-4-9-16)11-13-8-10-17-15-7-3-2-6-14(13)15/h2-3,5-7,13H,4,8-11,16H2,1H3/b12-5-. The number of fused-ring (bicyclic) bond motifs is 1. The summed E-state index contributed by atoms with van der Waals surface area (Å²) in [5.74, 6) is 1.67. The number of hydrogen-bond acceptors (Lipinski definition) is 2. The summed E-state index contributed by atoms with van der Waals surface area (Å²) in [5.41, 5.74) is 8.32. The van der Waals surface area contributed by atoms with Crippen LogP contribution in [0.5, 0.6) is 5.75 Å². The van der Waals surface area contributed by atoms with E-state index < -0.39 is 0 Å². The van der Waals surface area contributed by atoms with E-state index in [-0.39, 0.29) is 0 Å². The van der Waals surface area contributed by atoms with E-state index in [1.165, 1.54) is 11.1 Å². The van der Waals surface area contributed by atoms with E-state index in [2.05, 4.69) is 31.2 Å². The van der Waals surface area contributed by atoms with Gasteiger partial charge in [0.1, 0.15) is 5.75 Å². The Balaban J connectivity index is 2.08. The van der Waals surface area contributed by atoms with Gasteiger partial charge in [-0.25, -0.2) is 0 Å². The molecule has 0 aromatic heterocycles. The molecule has 0 radical (unpaired) electrons. The molecule has 92 valence electrons. The van der Waals surface area contributed by atoms with Gasteiger partial charge in [-0.05, 0) is 50.3 Å². The number of nitrogens with two attached hydrogens (primary N) is 1. The van der Waals surface area contributed by atoms with Crippen molar-refractivity contribution < 1.29 is 4.74 Å². The maximum atomic E-state index is 5.68. The first kappa shape index (κ1) is 12.2. The van der Waals surface area contributed by atoms with Gasteiger partial charge >= 0.3 is 0 Å². The molecule has 1 aromatic rings. The molecule has 2 nitrogen and oxygen atoms in total. The number of rotatable bonds is 4. The zero-order valence-corrected chi connectivity index (χ0v) is 10.5. The lowest BCUT2D eigenvalue weighted by atomic mass is 9.87. The quantitative estimate of drug-likeness (QED) is 0.807. The molecule has 1 aliphatic rings. The summed E-state index contributed by atoms with van der Waals surface area (Å²) in [4.78, 5) is 0. The Hall–Kier alpha value is -1.28. The van der Waals surface area contributed by atoms with Crippen molar-refractivity contribution in [1.82, 2.24) is 0 Å². The molecule has 1 aromatic carbocycles. The Labute approximate surface area is 103 Å². The normalized spacial score (nSPS) is 19.6. The third-order valence-electron chi connectivity index (χ3n) is 3.31. The molecule has 0 spiro atoms. The molecular weight excluding hydrogens is 210 g/mol. The highest BCUT2D eigenvalue weighted by Crippen LogP contribution is 2.36. The van der Waals surface area contributed by atoms with Crippen LogP contribution in [-0.4, -0.2) is 13.2 Å². The molecule has 2 N–H and O–H groups in total. The van der Waals surface area contributed by atoms with Crippen LogP contribution in [-0.2, 0) is 0 Å². The predicted molar refractivity (Wildman–Crippen MR) is 71.3 cm³/mol. The van der Waals surface area contributed by atoms with Crippen LogP contribution in [0.3, 0.4) is 0 Å². The number of para-hydroxylation sites is 1. The van der Waals surface area contributed by atoms with E-state index >= 15 is 0 Å². The van der Waals surface area contributed by atoms with Crippen molar-refractivity contribution in [1.29, 1.82) is 0 Å². The van der Waals surface area contributed by atoms with Gasteiger partial charge in [0, 0.05) is 0 Å². The summed E-state index contributed by atoms with van der Waals surface area (Å²) < 4.78 is 5.68. The van der Waals surface area contributed by atoms with Crippen molar-refractivity contribution in [3.05, 3.63) is 41.5 Å². The molecule has 1 heterocycles. The zero-order valence-electron chi connectivity index (χ0n) is 10.5. The maximum absolute atomic E-state index is 5.68. The van der Waals surface area contributed by atoms with E-state index in [0.717, 1.165) is 38.2 Å². The van der Waals surface area contributed by atoms with Crippen molar-refractivity contribution in [2.75, 3.05) is 13.2 Å². The van der Waals surface area contributed by atoms with Crippen LogP contribution in [0, 0.1) is 0 Å². The van der Waals surface area contributed by atoms with Crippen molar-refractivity contribution in [2.45, 2.75) is 32.1 Å². The largest absolute Gasteiger partial charge is 0.493 e. The van der Waals surface area contributed by atoms with Crippen LogP contribution in [0.1, 0.15) is 37.7 Å². The van der Waals surface area contributed by atoms with Crippen LogP contribution >= 0.6 is 0 Å². The third kappa shape index (κ3) is 3.10. The van der Waals surface area contributed by atoms with E-state index in [4.69, 9.17) is 10.5 Å². The SMILES string of the molecule is C/C(=C/CCN)CC1CCOc2ccccc21. The van der Waals surface area contributed by atoms with Crippen LogP contribution in [0.15, 0.2) is 35.9 Å². The molecule has 1 atom stereocenters. The smallest absolute Gasteiger partial charge is 0.122 e. The number of hydrogen-bond donors (Lipinski definition) is 1. The molecule has 17 heavy (non-hydrogen) atoms. The number of benzene rings is 1. The second kappa shape index (κ2) is 5.87. The van der Waals surface area contributed by atoms with Gasteiger partial charge in [0.2, 0.25) is 0 Å². The topological polar surface area (TPSA) is 35.2 Å². The molecule has 2 rings (SSSR count). The summed E-state index contributed by atoms with van der Waals surface area (Å²) in [6.45, 7) is 3.78. The fourth-order valence-corrected chi connectivity index (χ4v) is 2.43. The van der Waals surface area contributed by atoms with Crippen LogP contribution in [0.4, 0.5) is 0 Å². The van der Waals surface area contributed by atoms with E-state index in [9.17, 15) is 0 Å². The van der Waals surface area contributed by atoms with Gasteiger partial charge in [-0.2, -0.15) is 0 Å². The maximum Gasteiger partial charge on any atom is 0.122 e. The monoisotopic (exact) mass is 231 g/mol. The molecule has 1 unspecified atom stereocenters. The molecule has 0 bridgehead atoms. The lowest BCUT2D eigenvalue weighted by molar-refractivity contribution is 0.266. The Morgan fingerprint density at radius 2 is 2.29 bits per heavy atom. The lowest BCUT2D eigenvalue weighted by Gasteiger charge is -2.26. The first-order valence-electron chi connectivity index (χ1n) is 6.38. The van der Waals surface area contributed by atoms with E-state index in [0.29, 0.717) is 5.92 Å². The highest BCUT2D eigenvalue weighted by Gasteiger charge is 2.20. The van der Waals surface area contributed by atoms with Gasteiger partial charge in [0.05, 0.1) is 6.61 Å². The highest BCUT2D eigenvalue weighted by atomic mass is 16.5. The van der Waals surface area contributed by atoms with E-state index in [1.54, 1.807) is 0 Å². The Morgan fingerprint density at radius 1 is 1.47 bits per heavy atom. The van der Waals surface area contributed by atoms with Crippen molar-refractivity contribution in [3.63, 3.8) is 0 Å². The van der Waals surface area contributed by atoms with Crippen LogP contribution in [0.25, 0.3) is 0 Å². The van der Waals surface area contributed by atoms with Gasteiger partial charge in [-0.15, -0.1) is 0 Å². The first-order chi connectivity index (χ1) is 8.31. The van der Waals surface area contributed by atoms with E-state index in [1.807, 2.05) is 6.07 Å². The van der Waals surface area contributed by atoms with Crippen molar-refractivity contribution >= 4 is 0 Å². The Kier molecular flexibility index (Phi) is 4.21. The van der Waals surface area contributed by atoms with Crippen molar-refractivity contribution in [3.8, 4) is 5.75 Å². The molecule has 1 aliphatic heterocycles. The summed E-state index contributed by atoms with van der Waals surface area (Å²) in [5, 5.41) is 0. The van der Waals surface area contributed by atoms with Gasteiger partial charge in [-0.1, -0.05) is 29.8 Å². The molecule has 0 saturated carbocycles. The summed E-state index contributed by atoms with van der Waals surface area (Å²) >= 11 is 0. The second-order valence-corrected chi connectivity index (χ2v) is 4.70. The van der Waals surface area contributed by atoms with Gasteiger partial charge < -0.3 is 10.5 Å². The average Bonchev–Trinajstić information content (AvgIpc) is 2.37. The predicted octanol–water partition coefficient (Wildman–Crippen LogP) is 3.24. The van der Waals surface area contributed by atoms with Crippen LogP contribution < -0.4 is 10.5 Å². The minimum absolute atomic E-state index is 0.606. The van der Waals surface area contributed by atoms with Gasteiger partial charge in [-0.3, -0.25) is 0 Å². The minimum Gasteiger partial charge on any atom is -0.493 e. The molecular formula is C15H21NO. The number of allylic oxidation sites excluding steroid dienone is 1. The van der Waals surface area contributed by atoms with Gasteiger partial charge in [0.15, 0.2) is 0 Å². The molecule has 2 heteroatoms. The zero-order chi connectivity index (χ0) is 12.1. The van der Waals surface area contributed by atoms with Crippen LogP contribution in [0.2, 0.25) is 0 Å². The fraction of sp³-hybridized carbons (Fsp3) is 0.467. The Morgan fingerprint density at radius 3 is 3.12 bits per heavy atom. The molecule has 0 aliphatic carbocycles. The lowest BCUT2D eigenvalue weighted by Crippen LogP contribution is -2.14. The van der Waals surface area contributed by atoms with Crippen molar-refractivity contribution in [2.24, 2.45) is 5.73 Å². The third-order valence-corrected chi connectivity index (χ3v) is 3.31. The summed E-state index contributed by atoms with van der Waals surface area (Å²) in [6, 6.07) is 8.40. The number of ether oxygens (including phenoxy) is 1. The summed E-state index contributed by atoms with van der Waals surface area (Å²) in [7, 11) is 0. The van der Waals surface area contributed by atoms with Gasteiger partial charge in [0.25, 0.3) is 0 Å². The highest BCUT2D eigenvalue weighted by molar-refractivity contribution is 5.38. The first-order valence-corrected chi connectivity index (χ1v) is 6.38. The molecule has 0 amide bonds. The Bertz CT molecular complexity index is 398. The molecule has 0 saturated heterocycles. The average molecular weight is 231 g/mol. The fourth-order valence-electron chi connectivity index (χ4n) is 2.43. The minimum atomic E-state index is 0.606. The molecule has 0 fully saturated rings. The summed E-state index contributed by atoms with van der Waals surface area (Å²) in [6.07, 6.45) is 5.49.